The van der Waals surface area contributed by atoms with Crippen LogP contribution in [0.4, 0.5) is 5.69 Å². The van der Waals surface area contributed by atoms with Gasteiger partial charge in [-0.3, -0.25) is 0 Å². The molecular weight excluding hydrogens is 621 g/mol. The van der Waals surface area contributed by atoms with E-state index in [-0.39, 0.29) is 0 Å². The largest absolute Gasteiger partial charge is 0.497 e. The first-order chi connectivity index (χ1) is 18.6. The average molecular weight is 654 g/mol. The van der Waals surface area contributed by atoms with E-state index in [0.717, 1.165) is 41.0 Å². The monoisotopic (exact) mass is 653 g/mol. The molecule has 0 atom stereocenters. The van der Waals surface area contributed by atoms with Gasteiger partial charge in [-0.25, -0.2) is 0 Å². The van der Waals surface area contributed by atoms with E-state index in [1.54, 1.807) is 7.11 Å². The molecule has 38 heavy (non-hydrogen) atoms. The topological polar surface area (TPSA) is 21.7 Å². The number of alkyl halides is 1. The molecule has 0 spiro atoms. The predicted octanol–water partition coefficient (Wildman–Crippen LogP) is 9.52. The van der Waals surface area contributed by atoms with Crippen LogP contribution in [0.3, 0.4) is 0 Å². The molecule has 0 N–H and O–H groups in total. The number of aryl methyl sites for hydroxylation is 1. The van der Waals surface area contributed by atoms with Gasteiger partial charge >= 0.3 is 0 Å². The summed E-state index contributed by atoms with van der Waals surface area (Å²) in [6.07, 6.45) is 1.10. The van der Waals surface area contributed by atoms with Crippen LogP contribution in [0.2, 0.25) is 0 Å². The van der Waals surface area contributed by atoms with E-state index in [9.17, 15) is 0 Å². The minimum Gasteiger partial charge on any atom is -0.497 e. The molecule has 0 saturated carbocycles. The molecule has 1 aliphatic rings. The van der Waals surface area contributed by atoms with Crippen molar-refractivity contribution in [3.63, 3.8) is 0 Å². The van der Waals surface area contributed by atoms with Crippen LogP contribution in [-0.2, 0) is 6.61 Å². The van der Waals surface area contributed by atoms with Crippen LogP contribution in [0.5, 0.6) is 11.5 Å². The van der Waals surface area contributed by atoms with Crippen LogP contribution in [0.15, 0.2) is 98.4 Å². The number of rotatable bonds is 10. The van der Waals surface area contributed by atoms with Crippen LogP contribution >= 0.6 is 46.1 Å². The highest BCUT2D eigenvalue weighted by Crippen LogP contribution is 2.52. The molecule has 0 unspecified atom stereocenters. The Balaban J connectivity index is 1.52. The van der Waals surface area contributed by atoms with Gasteiger partial charge in [-0.05, 0) is 78.1 Å². The van der Waals surface area contributed by atoms with E-state index in [4.69, 9.17) is 9.47 Å². The van der Waals surface area contributed by atoms with Crippen molar-refractivity contribution < 1.29 is 9.47 Å². The smallest absolute Gasteiger partial charge is 0.122 e. The Kier molecular flexibility index (Phi) is 9.12. The van der Waals surface area contributed by atoms with Crippen LogP contribution in [0, 0.1) is 6.92 Å². The van der Waals surface area contributed by atoms with Gasteiger partial charge in [0.25, 0.3) is 0 Å². The second-order valence-corrected chi connectivity index (χ2v) is 12.5. The van der Waals surface area contributed by atoms with Crippen molar-refractivity contribution in [2.45, 2.75) is 46.5 Å². The summed E-state index contributed by atoms with van der Waals surface area (Å²) in [5, 5.41) is 0. The molecule has 1 heterocycles. The Morgan fingerprint density at radius 1 is 0.816 bits per heavy atom. The van der Waals surface area contributed by atoms with E-state index in [2.05, 4.69) is 108 Å². The SMILES string of the molecule is CCCN(CCI)c1cc(OCc2ccc(OC)cc2)cc(-c2cccc3c2Sc2ccc(C)cc2S3)c1. The number of benzene rings is 4. The number of ether oxygens (including phenoxy) is 2. The number of methoxy groups -OCH3 is 1. The van der Waals surface area contributed by atoms with E-state index >= 15 is 0 Å². The molecule has 0 aliphatic carbocycles. The third-order valence-electron chi connectivity index (χ3n) is 6.49. The van der Waals surface area contributed by atoms with Crippen molar-refractivity contribution >= 4 is 51.8 Å². The molecule has 5 rings (SSSR count). The normalized spacial score (nSPS) is 12.0. The Morgan fingerprint density at radius 2 is 1.66 bits per heavy atom. The first-order valence-corrected chi connectivity index (χ1v) is 16.0. The maximum absolute atomic E-state index is 6.41. The summed E-state index contributed by atoms with van der Waals surface area (Å²) in [5.74, 6) is 1.75. The standard InChI is InChI=1S/C32H32INO2S2/c1-4-15-34(16-14-33)25-18-24(19-27(20-25)36-21-23-9-11-26(35-3)12-10-23)28-6-5-7-30-32(28)38-29-13-8-22(2)17-31(29)37-30/h5-13,17-20H,4,14-16,21H2,1-3H3. The fourth-order valence-corrected chi connectivity index (χ4v) is 7.63. The zero-order chi connectivity index (χ0) is 26.5. The van der Waals surface area contributed by atoms with Gasteiger partial charge in [0.2, 0.25) is 0 Å². The van der Waals surface area contributed by atoms with Gasteiger partial charge in [-0.1, -0.05) is 83.4 Å². The lowest BCUT2D eigenvalue weighted by Crippen LogP contribution is -2.26. The fraction of sp³-hybridized carbons (Fsp3) is 0.250. The van der Waals surface area contributed by atoms with Crippen LogP contribution in [-0.4, -0.2) is 24.6 Å². The molecule has 0 fully saturated rings. The number of fused-ring (bicyclic) bond motifs is 2. The Bertz CT molecular complexity index is 1400. The van der Waals surface area contributed by atoms with Gasteiger partial charge in [-0.15, -0.1) is 0 Å². The fourth-order valence-electron chi connectivity index (χ4n) is 4.57. The van der Waals surface area contributed by atoms with E-state index in [1.165, 1.54) is 42.0 Å². The first kappa shape index (κ1) is 27.3. The molecule has 6 heteroatoms. The number of hydrogen-bond acceptors (Lipinski definition) is 5. The predicted molar refractivity (Wildman–Crippen MR) is 170 cm³/mol. The second kappa shape index (κ2) is 12.7. The van der Waals surface area contributed by atoms with Gasteiger partial charge in [0, 0.05) is 48.9 Å². The molecule has 0 amide bonds. The van der Waals surface area contributed by atoms with E-state index in [0.29, 0.717) is 6.61 Å². The minimum absolute atomic E-state index is 0.511. The maximum atomic E-state index is 6.41. The van der Waals surface area contributed by atoms with Crippen molar-refractivity contribution in [2.24, 2.45) is 0 Å². The van der Waals surface area contributed by atoms with Gasteiger partial charge in [-0.2, -0.15) is 0 Å². The van der Waals surface area contributed by atoms with Crippen molar-refractivity contribution in [3.05, 3.63) is 90.0 Å². The zero-order valence-corrected chi connectivity index (χ0v) is 25.8. The number of hydrogen-bond donors (Lipinski definition) is 0. The maximum Gasteiger partial charge on any atom is 0.122 e. The lowest BCUT2D eigenvalue weighted by atomic mass is 10.0. The summed E-state index contributed by atoms with van der Waals surface area (Å²) >= 11 is 6.22. The Hall–Kier alpha value is -2.29. The number of halogens is 1. The molecule has 3 nitrogen and oxygen atoms in total. The lowest BCUT2D eigenvalue weighted by Gasteiger charge is -2.26. The first-order valence-electron chi connectivity index (χ1n) is 12.9. The van der Waals surface area contributed by atoms with Crippen LogP contribution in [0.25, 0.3) is 11.1 Å². The van der Waals surface area contributed by atoms with Crippen molar-refractivity contribution in [1.82, 2.24) is 0 Å². The molecule has 196 valence electrons. The Labute approximate surface area is 248 Å². The molecule has 4 aromatic carbocycles. The van der Waals surface area contributed by atoms with E-state index in [1.807, 2.05) is 35.7 Å². The highest BCUT2D eigenvalue weighted by molar-refractivity contribution is 14.1. The molecule has 0 radical (unpaired) electrons. The Morgan fingerprint density at radius 3 is 2.42 bits per heavy atom. The van der Waals surface area contributed by atoms with Crippen molar-refractivity contribution in [2.75, 3.05) is 29.5 Å². The van der Waals surface area contributed by atoms with Crippen molar-refractivity contribution in [3.8, 4) is 22.6 Å². The van der Waals surface area contributed by atoms with Gasteiger partial charge in [0.05, 0.1) is 7.11 Å². The quantitative estimate of drug-likeness (QED) is 0.110. The summed E-state index contributed by atoms with van der Waals surface area (Å²) in [6.45, 7) is 6.95. The second-order valence-electron chi connectivity index (χ2n) is 9.32. The summed E-state index contributed by atoms with van der Waals surface area (Å²) in [5.41, 5.74) is 6.09. The number of anilines is 1. The third-order valence-corrected chi connectivity index (χ3v) is 9.57. The molecule has 0 aromatic heterocycles. The van der Waals surface area contributed by atoms with Gasteiger partial charge in [0.1, 0.15) is 18.1 Å². The van der Waals surface area contributed by atoms with Crippen LogP contribution < -0.4 is 14.4 Å². The van der Waals surface area contributed by atoms with E-state index < -0.39 is 0 Å². The van der Waals surface area contributed by atoms with Crippen LogP contribution in [0.1, 0.15) is 24.5 Å². The third kappa shape index (κ3) is 6.29. The molecular formula is C32H32INO2S2. The summed E-state index contributed by atoms with van der Waals surface area (Å²) in [6, 6.07) is 28.2. The van der Waals surface area contributed by atoms with Gasteiger partial charge in [0.15, 0.2) is 0 Å². The zero-order valence-electron chi connectivity index (χ0n) is 22.0. The lowest BCUT2D eigenvalue weighted by molar-refractivity contribution is 0.306. The summed E-state index contributed by atoms with van der Waals surface area (Å²) < 4.78 is 12.8. The van der Waals surface area contributed by atoms with Gasteiger partial charge < -0.3 is 14.4 Å². The molecule has 0 saturated heterocycles. The summed E-state index contributed by atoms with van der Waals surface area (Å²) in [4.78, 5) is 7.78. The molecule has 4 aromatic rings. The highest BCUT2D eigenvalue weighted by Gasteiger charge is 2.21. The minimum atomic E-state index is 0.511. The summed E-state index contributed by atoms with van der Waals surface area (Å²) in [7, 11) is 1.69. The van der Waals surface area contributed by atoms with Crippen molar-refractivity contribution in [1.29, 1.82) is 0 Å². The average Bonchev–Trinajstić information content (AvgIpc) is 2.94. The highest BCUT2D eigenvalue weighted by atomic mass is 127. The molecule has 0 bridgehead atoms. The number of nitrogens with zero attached hydrogens (tertiary/aromatic N) is 1. The molecule has 1 aliphatic heterocycles.